The van der Waals surface area contributed by atoms with Gasteiger partial charge in [0, 0.05) is 11.1 Å². The van der Waals surface area contributed by atoms with E-state index >= 15 is 0 Å². The van der Waals surface area contributed by atoms with Gasteiger partial charge in [-0.3, -0.25) is 9.59 Å². The lowest BCUT2D eigenvalue weighted by Crippen LogP contribution is -2.11. The molecule has 3 nitrogen and oxygen atoms in total. The zero-order chi connectivity index (χ0) is 13.2. The van der Waals surface area contributed by atoms with Crippen LogP contribution in [0.3, 0.4) is 0 Å². The SMILES string of the molecule is O=C1C=CC(=O)c2cc(Oc3ccccc3)ccc21. The molecule has 0 amide bonds. The Hall–Kier alpha value is -2.68. The Morgan fingerprint density at radius 3 is 2.11 bits per heavy atom. The second kappa shape index (κ2) is 4.53. The van der Waals surface area contributed by atoms with Crippen molar-refractivity contribution in [3.05, 3.63) is 71.8 Å². The highest BCUT2D eigenvalue weighted by atomic mass is 16.5. The zero-order valence-corrected chi connectivity index (χ0v) is 10.00. The fourth-order valence-electron chi connectivity index (χ4n) is 1.96. The average Bonchev–Trinajstić information content (AvgIpc) is 2.44. The van der Waals surface area contributed by atoms with Gasteiger partial charge in [-0.2, -0.15) is 0 Å². The summed E-state index contributed by atoms with van der Waals surface area (Å²) in [6, 6.07) is 14.2. The van der Waals surface area contributed by atoms with Crippen LogP contribution in [0.4, 0.5) is 0 Å². The van der Waals surface area contributed by atoms with Gasteiger partial charge >= 0.3 is 0 Å². The van der Waals surface area contributed by atoms with Crippen LogP contribution >= 0.6 is 0 Å². The number of fused-ring (bicyclic) bond motifs is 1. The van der Waals surface area contributed by atoms with E-state index in [0.717, 1.165) is 0 Å². The minimum atomic E-state index is -0.173. The van der Waals surface area contributed by atoms with Crippen molar-refractivity contribution in [2.24, 2.45) is 0 Å². The summed E-state index contributed by atoms with van der Waals surface area (Å²) >= 11 is 0. The molecule has 92 valence electrons. The molecule has 0 bridgehead atoms. The molecule has 0 spiro atoms. The van der Waals surface area contributed by atoms with Crippen molar-refractivity contribution in [2.45, 2.75) is 0 Å². The molecule has 0 aliphatic heterocycles. The van der Waals surface area contributed by atoms with Crippen molar-refractivity contribution >= 4 is 11.6 Å². The maximum absolute atomic E-state index is 11.7. The third-order valence-electron chi connectivity index (χ3n) is 2.89. The molecule has 0 saturated carbocycles. The van der Waals surface area contributed by atoms with Crippen LogP contribution in [0.5, 0.6) is 11.5 Å². The number of rotatable bonds is 2. The van der Waals surface area contributed by atoms with E-state index in [4.69, 9.17) is 4.74 Å². The summed E-state index contributed by atoms with van der Waals surface area (Å²) in [5.74, 6) is 0.906. The fourth-order valence-corrected chi connectivity index (χ4v) is 1.96. The minimum Gasteiger partial charge on any atom is -0.457 e. The summed E-state index contributed by atoms with van der Waals surface area (Å²) in [7, 11) is 0. The predicted octanol–water partition coefficient (Wildman–Crippen LogP) is 3.41. The lowest BCUT2D eigenvalue weighted by molar-refractivity contribution is 0.0994. The van der Waals surface area contributed by atoms with Crippen molar-refractivity contribution in [3.63, 3.8) is 0 Å². The molecule has 19 heavy (non-hydrogen) atoms. The van der Waals surface area contributed by atoms with Crippen LogP contribution in [0, 0.1) is 0 Å². The van der Waals surface area contributed by atoms with Gasteiger partial charge in [0.15, 0.2) is 11.6 Å². The van der Waals surface area contributed by atoms with Gasteiger partial charge in [-0.1, -0.05) is 18.2 Å². The zero-order valence-electron chi connectivity index (χ0n) is 10.00. The van der Waals surface area contributed by atoms with Crippen molar-refractivity contribution in [1.82, 2.24) is 0 Å². The number of ether oxygens (including phenoxy) is 1. The molecule has 0 fully saturated rings. The van der Waals surface area contributed by atoms with E-state index in [9.17, 15) is 9.59 Å². The molecule has 1 aliphatic carbocycles. The van der Waals surface area contributed by atoms with Gasteiger partial charge in [0.1, 0.15) is 11.5 Å². The van der Waals surface area contributed by atoms with E-state index in [1.807, 2.05) is 30.3 Å². The Kier molecular flexibility index (Phi) is 2.72. The minimum absolute atomic E-state index is 0.152. The highest BCUT2D eigenvalue weighted by Gasteiger charge is 2.19. The number of carbonyl (C=O) groups is 2. The monoisotopic (exact) mass is 250 g/mol. The Morgan fingerprint density at radius 1 is 0.684 bits per heavy atom. The van der Waals surface area contributed by atoms with E-state index in [0.29, 0.717) is 22.6 Å². The lowest BCUT2D eigenvalue weighted by Gasteiger charge is -2.11. The Morgan fingerprint density at radius 2 is 1.37 bits per heavy atom. The van der Waals surface area contributed by atoms with E-state index in [1.165, 1.54) is 12.2 Å². The topological polar surface area (TPSA) is 43.4 Å². The van der Waals surface area contributed by atoms with Crippen LogP contribution in [0.15, 0.2) is 60.7 Å². The number of ketones is 2. The van der Waals surface area contributed by atoms with E-state index in [1.54, 1.807) is 18.2 Å². The summed E-state index contributed by atoms with van der Waals surface area (Å²) in [4.78, 5) is 23.4. The van der Waals surface area contributed by atoms with Crippen molar-refractivity contribution in [2.75, 3.05) is 0 Å². The third kappa shape index (κ3) is 2.18. The van der Waals surface area contributed by atoms with E-state index in [-0.39, 0.29) is 11.6 Å². The summed E-state index contributed by atoms with van der Waals surface area (Å²) in [6.45, 7) is 0. The van der Waals surface area contributed by atoms with Crippen molar-refractivity contribution < 1.29 is 14.3 Å². The van der Waals surface area contributed by atoms with E-state index < -0.39 is 0 Å². The fraction of sp³-hybridized carbons (Fsp3) is 0. The number of carbonyl (C=O) groups excluding carboxylic acids is 2. The summed E-state index contributed by atoms with van der Waals surface area (Å²) in [5, 5.41) is 0. The molecule has 0 N–H and O–H groups in total. The van der Waals surface area contributed by atoms with Gasteiger partial charge in [0.05, 0.1) is 0 Å². The number of hydrogen-bond donors (Lipinski definition) is 0. The molecular weight excluding hydrogens is 240 g/mol. The van der Waals surface area contributed by atoms with Gasteiger partial charge in [-0.25, -0.2) is 0 Å². The average molecular weight is 250 g/mol. The first-order valence-electron chi connectivity index (χ1n) is 5.88. The van der Waals surface area contributed by atoms with Crippen LogP contribution < -0.4 is 4.74 Å². The standard InChI is InChI=1S/C16H10O3/c17-15-8-9-16(18)14-10-12(6-7-13(14)15)19-11-4-2-1-3-5-11/h1-10H. The molecule has 0 atom stereocenters. The quantitative estimate of drug-likeness (QED) is 0.820. The third-order valence-corrected chi connectivity index (χ3v) is 2.89. The molecule has 0 saturated heterocycles. The molecular formula is C16H10O3. The number of allylic oxidation sites excluding steroid dienone is 2. The van der Waals surface area contributed by atoms with Gasteiger partial charge in [0.2, 0.25) is 0 Å². The van der Waals surface area contributed by atoms with Gasteiger partial charge in [-0.05, 0) is 42.5 Å². The maximum atomic E-state index is 11.7. The van der Waals surface area contributed by atoms with Gasteiger partial charge < -0.3 is 4.74 Å². The molecule has 0 aromatic heterocycles. The van der Waals surface area contributed by atoms with Crippen LogP contribution in [0.2, 0.25) is 0 Å². The highest BCUT2D eigenvalue weighted by molar-refractivity contribution is 6.22. The molecule has 2 aromatic rings. The van der Waals surface area contributed by atoms with Crippen LogP contribution in [0.25, 0.3) is 0 Å². The molecule has 1 aliphatic rings. The summed E-state index contributed by atoms with van der Waals surface area (Å²) in [6.07, 6.45) is 2.58. The second-order valence-electron chi connectivity index (χ2n) is 4.18. The predicted molar refractivity (Wildman–Crippen MR) is 70.8 cm³/mol. The van der Waals surface area contributed by atoms with Gasteiger partial charge in [0.25, 0.3) is 0 Å². The molecule has 2 aromatic carbocycles. The van der Waals surface area contributed by atoms with Crippen molar-refractivity contribution in [1.29, 1.82) is 0 Å². The Labute approximate surface area is 110 Å². The Bertz CT molecular complexity index is 684. The van der Waals surface area contributed by atoms with Crippen LogP contribution in [-0.2, 0) is 0 Å². The lowest BCUT2D eigenvalue weighted by atomic mass is 9.95. The van der Waals surface area contributed by atoms with Gasteiger partial charge in [-0.15, -0.1) is 0 Å². The van der Waals surface area contributed by atoms with E-state index in [2.05, 4.69) is 0 Å². The first-order valence-corrected chi connectivity index (χ1v) is 5.88. The molecule has 3 heteroatoms. The number of hydrogen-bond acceptors (Lipinski definition) is 3. The highest BCUT2D eigenvalue weighted by Crippen LogP contribution is 2.26. The summed E-state index contributed by atoms with van der Waals surface area (Å²) in [5.41, 5.74) is 0.814. The number of benzene rings is 2. The van der Waals surface area contributed by atoms with Crippen LogP contribution in [0.1, 0.15) is 20.7 Å². The Balaban J connectivity index is 1.96. The second-order valence-corrected chi connectivity index (χ2v) is 4.18. The van der Waals surface area contributed by atoms with Crippen molar-refractivity contribution in [3.8, 4) is 11.5 Å². The van der Waals surface area contributed by atoms with Crippen LogP contribution in [-0.4, -0.2) is 11.6 Å². The first kappa shape index (κ1) is 11.4. The molecule has 3 rings (SSSR count). The summed E-state index contributed by atoms with van der Waals surface area (Å²) < 4.78 is 5.64. The maximum Gasteiger partial charge on any atom is 0.186 e. The molecule has 0 radical (unpaired) electrons. The number of para-hydroxylation sites is 1. The smallest absolute Gasteiger partial charge is 0.186 e. The normalized spacial score (nSPS) is 13.3. The largest absolute Gasteiger partial charge is 0.457 e. The molecule has 0 unspecified atom stereocenters. The molecule has 0 heterocycles. The first-order chi connectivity index (χ1) is 9.24.